The maximum Gasteiger partial charge on any atom is 0.336 e. The van der Waals surface area contributed by atoms with Crippen LogP contribution in [0.4, 0.5) is 4.39 Å². The molecule has 2 aromatic carbocycles. The molecule has 180 valence electrons. The minimum atomic E-state index is -0.505. The van der Waals surface area contributed by atoms with Gasteiger partial charge >= 0.3 is 5.97 Å². The van der Waals surface area contributed by atoms with Crippen LogP contribution in [0.3, 0.4) is 0 Å². The minimum Gasteiger partial charge on any atom is -0.463 e. The molecule has 1 aliphatic rings. The highest BCUT2D eigenvalue weighted by Gasteiger charge is 2.36. The van der Waals surface area contributed by atoms with Crippen molar-refractivity contribution in [2.24, 2.45) is 0 Å². The lowest BCUT2D eigenvalue weighted by molar-refractivity contribution is -0.140. The molecule has 0 spiro atoms. The number of rotatable bonds is 8. The Hall–Kier alpha value is -3.48. The summed E-state index contributed by atoms with van der Waals surface area (Å²) in [5, 5.41) is 2.93. The number of ether oxygens (including phenoxy) is 1. The number of hydrogen-bond acceptors (Lipinski definition) is 4. The van der Waals surface area contributed by atoms with Gasteiger partial charge in [-0.05, 0) is 62.6 Å². The first-order valence-electron chi connectivity index (χ1n) is 11.6. The maximum absolute atomic E-state index is 13.4. The number of amides is 2. The van der Waals surface area contributed by atoms with Crippen LogP contribution in [0.2, 0.25) is 0 Å². The van der Waals surface area contributed by atoms with Gasteiger partial charge in [0, 0.05) is 29.6 Å². The van der Waals surface area contributed by atoms with Crippen LogP contribution in [0, 0.1) is 5.82 Å². The summed E-state index contributed by atoms with van der Waals surface area (Å²) in [5.41, 5.74) is 2.98. The van der Waals surface area contributed by atoms with Crippen molar-refractivity contribution >= 4 is 17.8 Å². The van der Waals surface area contributed by atoms with Crippen molar-refractivity contribution in [2.45, 2.75) is 59.0 Å². The Labute approximate surface area is 199 Å². The number of hydrogen-bond donors (Lipinski definition) is 1. The molecule has 0 aromatic heterocycles. The maximum atomic E-state index is 13.4. The number of nitrogens with zero attached hydrogens (tertiary/aromatic N) is 1. The van der Waals surface area contributed by atoms with Gasteiger partial charge in [-0.25, -0.2) is 9.18 Å². The van der Waals surface area contributed by atoms with Gasteiger partial charge in [-0.3, -0.25) is 9.59 Å². The van der Waals surface area contributed by atoms with Gasteiger partial charge in [0.2, 0.25) is 5.91 Å². The number of nitrogens with one attached hydrogen (secondary N) is 1. The highest BCUT2D eigenvalue weighted by Crippen LogP contribution is 2.37. The van der Waals surface area contributed by atoms with Gasteiger partial charge in [0.05, 0.1) is 18.7 Å². The summed E-state index contributed by atoms with van der Waals surface area (Å²) in [6.07, 6.45) is 0.917. The topological polar surface area (TPSA) is 75.7 Å². The largest absolute Gasteiger partial charge is 0.463 e. The normalized spacial score (nSPS) is 16.9. The van der Waals surface area contributed by atoms with E-state index < -0.39 is 11.9 Å². The van der Waals surface area contributed by atoms with Crippen molar-refractivity contribution in [3.8, 4) is 0 Å². The highest BCUT2D eigenvalue weighted by molar-refractivity contribution is 5.96. The number of esters is 1. The second-order valence-corrected chi connectivity index (χ2v) is 8.49. The Kier molecular flexibility index (Phi) is 8.21. The number of halogens is 1. The SMILES string of the molecule is CCOC(=O)C1=C(C)N(Cc2ccc(C(=O)N[C@H](C)CC)cc2)C(=O)C[C@@H]1c1ccc(F)cc1. The lowest BCUT2D eigenvalue weighted by Gasteiger charge is -2.34. The van der Waals surface area contributed by atoms with Crippen molar-refractivity contribution in [2.75, 3.05) is 6.61 Å². The second-order valence-electron chi connectivity index (χ2n) is 8.49. The molecule has 6 nitrogen and oxygen atoms in total. The number of carbonyl (C=O) groups is 3. The molecule has 0 bridgehead atoms. The monoisotopic (exact) mass is 466 g/mol. The van der Waals surface area contributed by atoms with Gasteiger partial charge < -0.3 is 15.0 Å². The van der Waals surface area contributed by atoms with Crippen molar-refractivity contribution in [1.29, 1.82) is 0 Å². The Morgan fingerprint density at radius 3 is 2.35 bits per heavy atom. The first-order valence-corrected chi connectivity index (χ1v) is 11.6. The summed E-state index contributed by atoms with van der Waals surface area (Å²) in [6.45, 7) is 7.88. The van der Waals surface area contributed by atoms with Crippen molar-refractivity contribution in [3.63, 3.8) is 0 Å². The van der Waals surface area contributed by atoms with Crippen LogP contribution in [-0.4, -0.2) is 35.3 Å². The Morgan fingerprint density at radius 1 is 1.12 bits per heavy atom. The van der Waals surface area contributed by atoms with E-state index in [0.29, 0.717) is 22.4 Å². The molecule has 0 aliphatic carbocycles. The molecule has 0 fully saturated rings. The fourth-order valence-electron chi connectivity index (χ4n) is 4.01. The zero-order chi connectivity index (χ0) is 24.8. The summed E-state index contributed by atoms with van der Waals surface area (Å²) in [4.78, 5) is 39.9. The van der Waals surface area contributed by atoms with Crippen LogP contribution in [0.1, 0.15) is 67.9 Å². The molecule has 0 radical (unpaired) electrons. The van der Waals surface area contributed by atoms with Gasteiger partial charge in [-0.2, -0.15) is 0 Å². The molecule has 1 heterocycles. The van der Waals surface area contributed by atoms with Crippen LogP contribution in [0.5, 0.6) is 0 Å². The standard InChI is InChI=1S/C27H31FN2O4/c1-5-17(3)29-26(32)21-9-7-19(8-10-21)16-30-18(4)25(27(33)34-6-2)23(15-24(30)31)20-11-13-22(28)14-12-20/h7-14,17,23H,5-6,15-16H2,1-4H3,(H,29,32)/t17-,23-/m1/s1. The van der Waals surface area contributed by atoms with E-state index in [0.717, 1.165) is 12.0 Å². The van der Waals surface area contributed by atoms with Crippen LogP contribution in [0.15, 0.2) is 59.8 Å². The van der Waals surface area contributed by atoms with E-state index in [1.807, 2.05) is 26.0 Å². The molecule has 2 amide bonds. The predicted molar refractivity (Wildman–Crippen MR) is 127 cm³/mol. The summed E-state index contributed by atoms with van der Waals surface area (Å²) >= 11 is 0. The highest BCUT2D eigenvalue weighted by atomic mass is 19.1. The fourth-order valence-corrected chi connectivity index (χ4v) is 4.01. The number of benzene rings is 2. The van der Waals surface area contributed by atoms with Crippen LogP contribution < -0.4 is 5.32 Å². The van der Waals surface area contributed by atoms with Crippen molar-refractivity contribution in [1.82, 2.24) is 10.2 Å². The fraction of sp³-hybridized carbons (Fsp3) is 0.370. The lowest BCUT2D eigenvalue weighted by atomic mass is 9.83. The first-order chi connectivity index (χ1) is 16.2. The van der Waals surface area contributed by atoms with E-state index in [2.05, 4.69) is 5.32 Å². The van der Waals surface area contributed by atoms with E-state index in [-0.39, 0.29) is 43.2 Å². The molecule has 1 N–H and O–H groups in total. The number of carbonyl (C=O) groups excluding carboxylic acids is 3. The second kappa shape index (κ2) is 11.1. The molecular formula is C27H31FN2O4. The Balaban J connectivity index is 1.88. The summed E-state index contributed by atoms with van der Waals surface area (Å²) in [7, 11) is 0. The van der Waals surface area contributed by atoms with Crippen molar-refractivity contribution in [3.05, 3.63) is 82.3 Å². The molecule has 0 saturated heterocycles. The van der Waals surface area contributed by atoms with Crippen LogP contribution >= 0.6 is 0 Å². The molecular weight excluding hydrogens is 435 g/mol. The molecule has 7 heteroatoms. The molecule has 3 rings (SSSR count). The van der Waals surface area contributed by atoms with Gasteiger partial charge in [0.25, 0.3) is 5.91 Å². The van der Waals surface area contributed by atoms with E-state index in [9.17, 15) is 18.8 Å². The molecule has 2 atom stereocenters. The third kappa shape index (κ3) is 5.71. The van der Waals surface area contributed by atoms with E-state index in [1.165, 1.54) is 12.1 Å². The smallest absolute Gasteiger partial charge is 0.336 e. The first kappa shape index (κ1) is 25.1. The zero-order valence-electron chi connectivity index (χ0n) is 20.1. The summed E-state index contributed by atoms with van der Waals surface area (Å²) in [5.74, 6) is -1.65. The average Bonchev–Trinajstić information content (AvgIpc) is 2.82. The van der Waals surface area contributed by atoms with Crippen molar-refractivity contribution < 1.29 is 23.5 Å². The Bertz CT molecular complexity index is 1080. The van der Waals surface area contributed by atoms with Crippen LogP contribution in [0.25, 0.3) is 0 Å². The minimum absolute atomic E-state index is 0.0759. The summed E-state index contributed by atoms with van der Waals surface area (Å²) < 4.78 is 18.7. The molecule has 1 aliphatic heterocycles. The van der Waals surface area contributed by atoms with Gasteiger partial charge in [-0.15, -0.1) is 0 Å². The van der Waals surface area contributed by atoms with Gasteiger partial charge in [0.1, 0.15) is 5.82 Å². The number of allylic oxidation sites excluding steroid dienone is 1. The van der Waals surface area contributed by atoms with E-state index >= 15 is 0 Å². The van der Waals surface area contributed by atoms with E-state index in [1.54, 1.807) is 43.0 Å². The molecule has 0 saturated carbocycles. The average molecular weight is 467 g/mol. The lowest BCUT2D eigenvalue weighted by Crippen LogP contribution is -2.38. The van der Waals surface area contributed by atoms with E-state index in [4.69, 9.17) is 4.74 Å². The Morgan fingerprint density at radius 2 is 1.76 bits per heavy atom. The third-order valence-corrected chi connectivity index (χ3v) is 6.14. The summed E-state index contributed by atoms with van der Waals surface area (Å²) in [6, 6.07) is 13.0. The molecule has 0 unspecified atom stereocenters. The van der Waals surface area contributed by atoms with Crippen LogP contribution in [-0.2, 0) is 20.9 Å². The zero-order valence-corrected chi connectivity index (χ0v) is 20.1. The quantitative estimate of drug-likeness (QED) is 0.572. The predicted octanol–water partition coefficient (Wildman–Crippen LogP) is 4.71. The van der Waals surface area contributed by atoms with Gasteiger partial charge in [-0.1, -0.05) is 31.2 Å². The molecule has 34 heavy (non-hydrogen) atoms. The third-order valence-electron chi connectivity index (χ3n) is 6.14. The van der Waals surface area contributed by atoms with Gasteiger partial charge in [0.15, 0.2) is 0 Å². The molecule has 2 aromatic rings.